The van der Waals surface area contributed by atoms with Crippen LogP contribution in [0, 0.1) is 5.41 Å². The highest BCUT2D eigenvalue weighted by molar-refractivity contribution is 4.89. The van der Waals surface area contributed by atoms with Gasteiger partial charge in [-0.05, 0) is 26.7 Å². The Morgan fingerprint density at radius 3 is 2.33 bits per heavy atom. The Kier molecular flexibility index (Phi) is 6.48. The minimum atomic E-state index is 0.322. The summed E-state index contributed by atoms with van der Waals surface area (Å²) in [6, 6.07) is 1.24. The van der Waals surface area contributed by atoms with Crippen molar-refractivity contribution in [2.24, 2.45) is 5.41 Å². The highest BCUT2D eigenvalue weighted by atomic mass is 16.5. The second-order valence-corrected chi connectivity index (χ2v) is 7.60. The largest absolute Gasteiger partial charge is 0.381 e. The molecule has 2 aliphatic rings. The first-order valence-electron chi connectivity index (χ1n) is 8.78. The van der Waals surface area contributed by atoms with Crippen LogP contribution in [-0.4, -0.2) is 74.4 Å². The van der Waals surface area contributed by atoms with Crippen molar-refractivity contribution >= 4 is 0 Å². The van der Waals surface area contributed by atoms with Crippen LogP contribution in [0.2, 0.25) is 0 Å². The molecule has 2 heterocycles. The minimum Gasteiger partial charge on any atom is -0.381 e. The van der Waals surface area contributed by atoms with Gasteiger partial charge in [-0.25, -0.2) is 0 Å². The molecule has 1 atom stereocenters. The van der Waals surface area contributed by atoms with Crippen LogP contribution in [0.3, 0.4) is 0 Å². The van der Waals surface area contributed by atoms with Gasteiger partial charge in [-0.3, -0.25) is 4.90 Å². The van der Waals surface area contributed by atoms with E-state index in [1.165, 1.54) is 45.6 Å². The van der Waals surface area contributed by atoms with Crippen LogP contribution < -0.4 is 5.32 Å². The van der Waals surface area contributed by atoms with E-state index >= 15 is 0 Å². The molecule has 1 unspecified atom stereocenters. The highest BCUT2D eigenvalue weighted by Gasteiger charge is 2.35. The number of nitrogens with zero attached hydrogens (tertiary/aromatic N) is 2. The number of hydrogen-bond donors (Lipinski definition) is 1. The molecule has 0 saturated carbocycles. The van der Waals surface area contributed by atoms with Gasteiger partial charge < -0.3 is 15.0 Å². The van der Waals surface area contributed by atoms with Gasteiger partial charge in [0.1, 0.15) is 0 Å². The summed E-state index contributed by atoms with van der Waals surface area (Å²) in [7, 11) is 0. The topological polar surface area (TPSA) is 27.7 Å². The number of nitrogens with one attached hydrogen (secondary N) is 1. The van der Waals surface area contributed by atoms with Crippen molar-refractivity contribution in [3.63, 3.8) is 0 Å². The average molecular weight is 297 g/mol. The molecule has 0 amide bonds. The predicted molar refractivity (Wildman–Crippen MR) is 88.8 cm³/mol. The highest BCUT2D eigenvalue weighted by Crippen LogP contribution is 2.29. The Labute approximate surface area is 131 Å². The van der Waals surface area contributed by atoms with Crippen molar-refractivity contribution < 1.29 is 4.74 Å². The van der Waals surface area contributed by atoms with Gasteiger partial charge in [0, 0.05) is 63.4 Å². The lowest BCUT2D eigenvalue weighted by molar-refractivity contribution is -0.0349. The van der Waals surface area contributed by atoms with E-state index in [0.717, 1.165) is 19.8 Å². The van der Waals surface area contributed by atoms with E-state index in [9.17, 15) is 0 Å². The quantitative estimate of drug-likeness (QED) is 0.809. The van der Waals surface area contributed by atoms with Crippen LogP contribution in [0.1, 0.15) is 40.5 Å². The van der Waals surface area contributed by atoms with E-state index in [2.05, 4.69) is 42.8 Å². The fraction of sp³-hybridized carbons (Fsp3) is 1.00. The van der Waals surface area contributed by atoms with Crippen molar-refractivity contribution in [1.29, 1.82) is 0 Å². The van der Waals surface area contributed by atoms with Gasteiger partial charge in [-0.15, -0.1) is 0 Å². The molecular weight excluding hydrogens is 262 g/mol. The summed E-state index contributed by atoms with van der Waals surface area (Å²) in [5.74, 6) is 0. The van der Waals surface area contributed by atoms with Crippen LogP contribution in [0.5, 0.6) is 0 Å². The van der Waals surface area contributed by atoms with E-state index in [1.807, 2.05) is 0 Å². The number of rotatable bonds is 6. The lowest BCUT2D eigenvalue weighted by atomic mass is 9.81. The lowest BCUT2D eigenvalue weighted by Crippen LogP contribution is -2.55. The average Bonchev–Trinajstić information content (AvgIpc) is 2.47. The maximum atomic E-state index is 5.84. The standard InChI is InChI=1S/C17H35N3O/c1-15(2)18-12-17(6-5-11-21-14-17)13-19-7-9-20(10-8-19)16(3)4/h15-16,18H,5-14H2,1-4H3. The molecule has 2 saturated heterocycles. The minimum absolute atomic E-state index is 0.322. The van der Waals surface area contributed by atoms with Crippen LogP contribution in [0.4, 0.5) is 0 Å². The van der Waals surface area contributed by atoms with Crippen LogP contribution >= 0.6 is 0 Å². The maximum Gasteiger partial charge on any atom is 0.0546 e. The summed E-state index contributed by atoms with van der Waals surface area (Å²) in [6.45, 7) is 18.1. The fourth-order valence-electron chi connectivity index (χ4n) is 3.56. The fourth-order valence-corrected chi connectivity index (χ4v) is 3.56. The first kappa shape index (κ1) is 17.2. The van der Waals surface area contributed by atoms with Gasteiger partial charge in [-0.1, -0.05) is 13.8 Å². The summed E-state index contributed by atoms with van der Waals surface area (Å²) in [5.41, 5.74) is 0.322. The van der Waals surface area contributed by atoms with Gasteiger partial charge in [-0.2, -0.15) is 0 Å². The smallest absolute Gasteiger partial charge is 0.0546 e. The van der Waals surface area contributed by atoms with Crippen LogP contribution in [0.15, 0.2) is 0 Å². The molecule has 1 N–H and O–H groups in total. The third-order valence-corrected chi connectivity index (χ3v) is 4.99. The Balaban J connectivity index is 1.87. The molecule has 0 aliphatic carbocycles. The third kappa shape index (κ3) is 5.20. The van der Waals surface area contributed by atoms with E-state index < -0.39 is 0 Å². The Hall–Kier alpha value is -0.160. The molecule has 4 nitrogen and oxygen atoms in total. The molecule has 21 heavy (non-hydrogen) atoms. The molecule has 0 radical (unpaired) electrons. The Morgan fingerprint density at radius 1 is 1.10 bits per heavy atom. The molecule has 2 aliphatic heterocycles. The number of hydrogen-bond acceptors (Lipinski definition) is 4. The van der Waals surface area contributed by atoms with Gasteiger partial charge in [0.05, 0.1) is 6.61 Å². The SMILES string of the molecule is CC(C)NCC1(CN2CCN(C(C)C)CC2)CCCOC1. The predicted octanol–water partition coefficient (Wildman–Crippen LogP) is 1.81. The summed E-state index contributed by atoms with van der Waals surface area (Å²) in [6.07, 6.45) is 2.52. The Bertz CT molecular complexity index is 292. The molecule has 0 aromatic rings. The van der Waals surface area contributed by atoms with Crippen molar-refractivity contribution in [3.8, 4) is 0 Å². The first-order valence-corrected chi connectivity index (χ1v) is 8.78. The van der Waals surface area contributed by atoms with Crippen molar-refractivity contribution in [2.75, 3.05) is 52.5 Å². The lowest BCUT2D eigenvalue weighted by Gasteiger charge is -2.44. The molecule has 0 bridgehead atoms. The normalized spacial score (nSPS) is 29.4. The van der Waals surface area contributed by atoms with Gasteiger partial charge in [0.2, 0.25) is 0 Å². The molecule has 2 rings (SSSR count). The second-order valence-electron chi connectivity index (χ2n) is 7.60. The molecule has 0 aromatic heterocycles. The molecular formula is C17H35N3O. The molecule has 124 valence electrons. The van der Waals surface area contributed by atoms with E-state index in [1.54, 1.807) is 0 Å². The van der Waals surface area contributed by atoms with E-state index in [0.29, 0.717) is 17.5 Å². The van der Waals surface area contributed by atoms with Crippen molar-refractivity contribution in [3.05, 3.63) is 0 Å². The summed E-state index contributed by atoms with van der Waals surface area (Å²) in [5, 5.41) is 3.66. The van der Waals surface area contributed by atoms with Crippen LogP contribution in [-0.2, 0) is 4.74 Å². The summed E-state index contributed by atoms with van der Waals surface area (Å²) >= 11 is 0. The summed E-state index contributed by atoms with van der Waals surface area (Å²) in [4.78, 5) is 5.25. The molecule has 4 heteroatoms. The monoisotopic (exact) mass is 297 g/mol. The van der Waals surface area contributed by atoms with Gasteiger partial charge in [0.15, 0.2) is 0 Å². The summed E-state index contributed by atoms with van der Waals surface area (Å²) < 4.78 is 5.84. The van der Waals surface area contributed by atoms with E-state index in [4.69, 9.17) is 4.74 Å². The number of piperazine rings is 1. The second kappa shape index (κ2) is 7.91. The molecule has 0 spiro atoms. The molecule has 0 aromatic carbocycles. The van der Waals surface area contributed by atoms with Gasteiger partial charge in [0.25, 0.3) is 0 Å². The maximum absolute atomic E-state index is 5.84. The van der Waals surface area contributed by atoms with E-state index in [-0.39, 0.29) is 0 Å². The zero-order valence-corrected chi connectivity index (χ0v) is 14.5. The Morgan fingerprint density at radius 2 is 1.81 bits per heavy atom. The zero-order chi connectivity index (χ0) is 15.3. The number of ether oxygens (including phenoxy) is 1. The third-order valence-electron chi connectivity index (χ3n) is 4.99. The van der Waals surface area contributed by atoms with Gasteiger partial charge >= 0.3 is 0 Å². The molecule has 2 fully saturated rings. The van der Waals surface area contributed by atoms with Crippen molar-refractivity contribution in [2.45, 2.75) is 52.6 Å². The van der Waals surface area contributed by atoms with Crippen LogP contribution in [0.25, 0.3) is 0 Å². The first-order chi connectivity index (χ1) is 10.0. The van der Waals surface area contributed by atoms with Crippen molar-refractivity contribution in [1.82, 2.24) is 15.1 Å². The zero-order valence-electron chi connectivity index (χ0n) is 14.5.